The van der Waals surface area contributed by atoms with Crippen LogP contribution in [0.15, 0.2) is 60.2 Å². The van der Waals surface area contributed by atoms with Crippen molar-refractivity contribution in [2.75, 3.05) is 26.4 Å². The van der Waals surface area contributed by atoms with Crippen molar-refractivity contribution in [3.05, 3.63) is 75.1 Å². The number of amides is 2. The predicted octanol–water partition coefficient (Wildman–Crippen LogP) is 2.41. The molecule has 0 bridgehead atoms. The van der Waals surface area contributed by atoms with Crippen molar-refractivity contribution in [2.45, 2.75) is 37.6 Å². The van der Waals surface area contributed by atoms with Gasteiger partial charge in [0.05, 0.1) is 28.7 Å². The summed E-state index contributed by atoms with van der Waals surface area (Å²) in [5, 5.41) is 23.3. The summed E-state index contributed by atoms with van der Waals surface area (Å²) in [6, 6.07) is 12.6. The first-order chi connectivity index (χ1) is 17.9. The maximum Gasteiger partial charge on any atom is 0.247 e. The molecule has 0 aromatic heterocycles. The van der Waals surface area contributed by atoms with E-state index in [0.29, 0.717) is 29.9 Å². The van der Waals surface area contributed by atoms with Crippen LogP contribution < -0.4 is 10.1 Å². The molecule has 1 fully saturated rings. The summed E-state index contributed by atoms with van der Waals surface area (Å²) in [4.78, 5) is 28.1. The number of halogens is 2. The van der Waals surface area contributed by atoms with Crippen molar-refractivity contribution >= 4 is 34.4 Å². The molecule has 198 valence electrons. The van der Waals surface area contributed by atoms with Gasteiger partial charge in [0.25, 0.3) is 0 Å². The topological polar surface area (TPSA) is 108 Å². The fourth-order valence-electron chi connectivity index (χ4n) is 4.60. The van der Waals surface area contributed by atoms with Gasteiger partial charge >= 0.3 is 0 Å². The number of hydrogen-bond donors (Lipinski definition) is 3. The smallest absolute Gasteiger partial charge is 0.247 e. The Kier molecular flexibility index (Phi) is 9.52. The molecule has 3 N–H and O–H groups in total. The molecule has 0 saturated carbocycles. The summed E-state index contributed by atoms with van der Waals surface area (Å²) >= 11 is 2.12. The van der Waals surface area contributed by atoms with Crippen molar-refractivity contribution in [1.29, 1.82) is 0 Å². The SMILES string of the molecule is O=C(NCCO)C1=C[C@H](Oc2ccccc2I)[C@@H](O)[C@H](N(Cc2ccccc2F)C(=O)C2CCOC2)C1. The van der Waals surface area contributed by atoms with Crippen LogP contribution in [0, 0.1) is 15.3 Å². The van der Waals surface area contributed by atoms with Crippen LogP contribution in [0.5, 0.6) is 5.75 Å². The lowest BCUT2D eigenvalue weighted by atomic mass is 9.87. The zero-order valence-electron chi connectivity index (χ0n) is 20.2. The first-order valence-corrected chi connectivity index (χ1v) is 13.3. The summed E-state index contributed by atoms with van der Waals surface area (Å²) < 4.78 is 27.0. The monoisotopic (exact) mass is 624 g/mol. The second-order valence-corrected chi connectivity index (χ2v) is 10.2. The summed E-state index contributed by atoms with van der Waals surface area (Å²) in [7, 11) is 0. The molecule has 10 heteroatoms. The van der Waals surface area contributed by atoms with Crippen molar-refractivity contribution in [1.82, 2.24) is 10.2 Å². The number of hydrogen-bond acceptors (Lipinski definition) is 6. The molecular weight excluding hydrogens is 594 g/mol. The van der Waals surface area contributed by atoms with Crippen LogP contribution >= 0.6 is 22.6 Å². The van der Waals surface area contributed by atoms with Gasteiger partial charge in [-0.3, -0.25) is 9.59 Å². The Hall–Kier alpha value is -2.54. The highest BCUT2D eigenvalue weighted by Crippen LogP contribution is 2.32. The van der Waals surface area contributed by atoms with Gasteiger partial charge in [0.2, 0.25) is 11.8 Å². The minimum Gasteiger partial charge on any atom is -0.482 e. The normalized spacial score (nSPS) is 23.3. The number of para-hydroxylation sites is 1. The number of ether oxygens (including phenoxy) is 2. The van der Waals surface area contributed by atoms with Crippen molar-refractivity contribution < 1.29 is 33.7 Å². The lowest BCUT2D eigenvalue weighted by molar-refractivity contribution is -0.143. The third-order valence-corrected chi connectivity index (χ3v) is 7.47. The fourth-order valence-corrected chi connectivity index (χ4v) is 5.11. The molecule has 4 atom stereocenters. The van der Waals surface area contributed by atoms with Crippen LogP contribution in [0.3, 0.4) is 0 Å². The van der Waals surface area contributed by atoms with E-state index in [1.807, 2.05) is 12.1 Å². The standard InChI is InChI=1S/C27H30FIN2O6/c28-20-6-2-1-5-17(20)15-31(27(35)18-9-12-36-16-18)22-13-19(26(34)30-10-11-32)14-24(25(22)33)37-23-8-4-3-7-21(23)29/h1-8,14,18,22,24-25,32-33H,9-13,15-16H2,(H,30,34)/t18?,22-,24+,25+/m1/s1. The number of carbonyl (C=O) groups excluding carboxylic acids is 2. The Labute approximate surface area is 228 Å². The fraction of sp³-hybridized carbons (Fsp3) is 0.407. The summed E-state index contributed by atoms with van der Waals surface area (Å²) in [5.41, 5.74) is 0.617. The van der Waals surface area contributed by atoms with Gasteiger partial charge in [0.15, 0.2) is 0 Å². The van der Waals surface area contributed by atoms with Crippen LogP contribution in [0.4, 0.5) is 4.39 Å². The van der Waals surface area contributed by atoms with E-state index in [0.717, 1.165) is 3.57 Å². The van der Waals surface area contributed by atoms with Gasteiger partial charge in [-0.15, -0.1) is 0 Å². The number of nitrogens with one attached hydrogen (secondary N) is 1. The van der Waals surface area contributed by atoms with E-state index >= 15 is 0 Å². The van der Waals surface area contributed by atoms with Crippen LogP contribution in [0.2, 0.25) is 0 Å². The van der Waals surface area contributed by atoms with E-state index in [9.17, 15) is 19.1 Å². The number of nitrogens with zero attached hydrogens (tertiary/aromatic N) is 1. The Morgan fingerprint density at radius 2 is 1.95 bits per heavy atom. The number of benzene rings is 2. The number of aliphatic hydroxyl groups excluding tert-OH is 2. The third-order valence-electron chi connectivity index (χ3n) is 6.57. The second kappa shape index (κ2) is 12.8. The van der Waals surface area contributed by atoms with E-state index in [2.05, 4.69) is 27.9 Å². The van der Waals surface area contributed by atoms with Gasteiger partial charge < -0.3 is 29.9 Å². The van der Waals surface area contributed by atoms with Crippen molar-refractivity contribution in [3.8, 4) is 5.75 Å². The van der Waals surface area contributed by atoms with Crippen LogP contribution in [0.1, 0.15) is 18.4 Å². The lowest BCUT2D eigenvalue weighted by Gasteiger charge is -2.41. The third kappa shape index (κ3) is 6.67. The van der Waals surface area contributed by atoms with Crippen molar-refractivity contribution in [2.24, 2.45) is 5.92 Å². The van der Waals surface area contributed by atoms with Gasteiger partial charge in [-0.05, 0) is 53.3 Å². The van der Waals surface area contributed by atoms with Gasteiger partial charge in [-0.1, -0.05) is 30.3 Å². The molecule has 1 saturated heterocycles. The molecule has 2 amide bonds. The first-order valence-electron chi connectivity index (χ1n) is 12.2. The van der Waals surface area contributed by atoms with Crippen LogP contribution in [-0.2, 0) is 20.9 Å². The molecule has 1 aliphatic carbocycles. The quantitative estimate of drug-likeness (QED) is 0.370. The molecule has 2 aromatic carbocycles. The Morgan fingerprint density at radius 1 is 1.19 bits per heavy atom. The first kappa shape index (κ1) is 27.5. The number of carbonyl (C=O) groups is 2. The minimum atomic E-state index is -1.19. The van der Waals surface area contributed by atoms with E-state index in [1.54, 1.807) is 36.4 Å². The summed E-state index contributed by atoms with van der Waals surface area (Å²) in [6.45, 7) is 0.446. The molecule has 8 nitrogen and oxygen atoms in total. The highest BCUT2D eigenvalue weighted by molar-refractivity contribution is 14.1. The molecule has 37 heavy (non-hydrogen) atoms. The van der Waals surface area contributed by atoms with E-state index in [-0.39, 0.29) is 38.6 Å². The summed E-state index contributed by atoms with van der Waals surface area (Å²) in [6.07, 6.45) is -0.0138. The highest BCUT2D eigenvalue weighted by Gasteiger charge is 2.42. The molecule has 2 aliphatic rings. The lowest BCUT2D eigenvalue weighted by Crippen LogP contribution is -2.56. The van der Waals surface area contributed by atoms with Gasteiger partial charge in [-0.2, -0.15) is 0 Å². The van der Waals surface area contributed by atoms with E-state index in [4.69, 9.17) is 14.6 Å². The molecule has 4 rings (SSSR count). The molecular formula is C27H30FIN2O6. The van der Waals surface area contributed by atoms with Crippen LogP contribution in [0.25, 0.3) is 0 Å². The summed E-state index contributed by atoms with van der Waals surface area (Å²) in [5.74, 6) is -1.06. The Morgan fingerprint density at radius 3 is 2.65 bits per heavy atom. The maximum absolute atomic E-state index is 14.7. The van der Waals surface area contributed by atoms with Gasteiger partial charge in [0.1, 0.15) is 23.8 Å². The zero-order valence-corrected chi connectivity index (χ0v) is 22.3. The molecule has 0 radical (unpaired) electrons. The Balaban J connectivity index is 1.70. The highest BCUT2D eigenvalue weighted by atomic mass is 127. The number of aliphatic hydroxyl groups is 2. The molecule has 1 unspecified atom stereocenters. The molecule has 2 aromatic rings. The molecule has 0 spiro atoms. The second-order valence-electron chi connectivity index (χ2n) is 9.06. The van der Waals surface area contributed by atoms with Gasteiger partial charge in [0, 0.05) is 37.3 Å². The predicted molar refractivity (Wildman–Crippen MR) is 142 cm³/mol. The largest absolute Gasteiger partial charge is 0.482 e. The minimum absolute atomic E-state index is 0.0396. The van der Waals surface area contributed by atoms with E-state index < -0.39 is 35.9 Å². The average Bonchev–Trinajstić information content (AvgIpc) is 3.44. The Bertz CT molecular complexity index is 1140. The average molecular weight is 624 g/mol. The molecule has 1 aliphatic heterocycles. The van der Waals surface area contributed by atoms with Gasteiger partial charge in [-0.25, -0.2) is 4.39 Å². The maximum atomic E-state index is 14.7. The van der Waals surface area contributed by atoms with E-state index in [1.165, 1.54) is 11.0 Å². The van der Waals surface area contributed by atoms with Crippen molar-refractivity contribution in [3.63, 3.8) is 0 Å². The molecule has 1 heterocycles. The van der Waals surface area contributed by atoms with Crippen LogP contribution in [-0.4, -0.2) is 71.5 Å². The zero-order chi connectivity index (χ0) is 26.4. The number of rotatable bonds is 9.